The molecule has 0 fully saturated rings. The van der Waals surface area contributed by atoms with Crippen molar-refractivity contribution >= 4 is 28.6 Å². The third-order valence-corrected chi connectivity index (χ3v) is 2.55. The summed E-state index contributed by atoms with van der Waals surface area (Å²) < 4.78 is 6.19. The van der Waals surface area contributed by atoms with Crippen LogP contribution in [0.2, 0.25) is 0 Å². The Bertz CT molecular complexity index is 429. The molecule has 0 aliphatic heterocycles. The van der Waals surface area contributed by atoms with Gasteiger partial charge in [-0.2, -0.15) is 0 Å². The zero-order valence-corrected chi connectivity index (χ0v) is 10.2. The van der Waals surface area contributed by atoms with Gasteiger partial charge in [-0.25, -0.2) is 4.79 Å². The van der Waals surface area contributed by atoms with Crippen molar-refractivity contribution in [3.8, 4) is 17.6 Å². The first-order valence-corrected chi connectivity index (χ1v) is 5.28. The number of carbonyl (C=O) groups is 1. The Morgan fingerprint density at radius 3 is 2.93 bits per heavy atom. The van der Waals surface area contributed by atoms with Gasteiger partial charge in [-0.3, -0.25) is 0 Å². The van der Waals surface area contributed by atoms with Crippen LogP contribution in [0.15, 0.2) is 18.2 Å². The van der Waals surface area contributed by atoms with Gasteiger partial charge in [0.2, 0.25) is 0 Å². The van der Waals surface area contributed by atoms with Crippen molar-refractivity contribution in [3.05, 3.63) is 27.3 Å². The topological polar surface area (TPSA) is 46.5 Å². The standard InChI is InChI=1S/C11H9IO3/c1-2-3-6-15-10-7-8(11(13)14)4-5-9(10)12/h4-5,7H,6H2,1H3,(H,13,14). The van der Waals surface area contributed by atoms with Crippen LogP contribution in [-0.4, -0.2) is 17.7 Å². The molecule has 0 radical (unpaired) electrons. The second-order valence-corrected chi connectivity index (χ2v) is 3.83. The number of rotatable bonds is 3. The maximum absolute atomic E-state index is 10.7. The Labute approximate surface area is 102 Å². The van der Waals surface area contributed by atoms with Crippen LogP contribution in [-0.2, 0) is 0 Å². The van der Waals surface area contributed by atoms with Crippen LogP contribution >= 0.6 is 22.6 Å². The van der Waals surface area contributed by atoms with Crippen molar-refractivity contribution < 1.29 is 14.6 Å². The van der Waals surface area contributed by atoms with E-state index in [9.17, 15) is 4.79 Å². The van der Waals surface area contributed by atoms with Gasteiger partial charge in [0.1, 0.15) is 12.4 Å². The SMILES string of the molecule is CC#CCOc1cc(C(=O)O)ccc1I. The molecule has 0 spiro atoms. The number of aromatic carboxylic acids is 1. The van der Waals surface area contributed by atoms with Gasteiger partial charge in [0.15, 0.2) is 0 Å². The molecule has 78 valence electrons. The van der Waals surface area contributed by atoms with Crippen molar-refractivity contribution in [2.75, 3.05) is 6.61 Å². The van der Waals surface area contributed by atoms with E-state index in [-0.39, 0.29) is 12.2 Å². The lowest BCUT2D eigenvalue weighted by Crippen LogP contribution is -2.00. The molecule has 15 heavy (non-hydrogen) atoms. The summed E-state index contributed by atoms with van der Waals surface area (Å²) in [5.41, 5.74) is 0.217. The van der Waals surface area contributed by atoms with Gasteiger partial charge in [0.05, 0.1) is 9.13 Å². The predicted molar refractivity (Wildman–Crippen MR) is 65.1 cm³/mol. The summed E-state index contributed by atoms with van der Waals surface area (Å²) in [5.74, 6) is 5.04. The van der Waals surface area contributed by atoms with Crippen LogP contribution in [0, 0.1) is 15.4 Å². The number of hydrogen-bond acceptors (Lipinski definition) is 2. The van der Waals surface area contributed by atoms with Crippen LogP contribution in [0.3, 0.4) is 0 Å². The van der Waals surface area contributed by atoms with Crippen LogP contribution in [0.5, 0.6) is 5.75 Å². The largest absolute Gasteiger partial charge is 0.480 e. The van der Waals surface area contributed by atoms with E-state index in [1.165, 1.54) is 6.07 Å². The molecule has 1 aromatic carbocycles. The molecule has 0 atom stereocenters. The van der Waals surface area contributed by atoms with Gasteiger partial charge in [-0.15, -0.1) is 5.92 Å². The van der Waals surface area contributed by atoms with Gasteiger partial charge in [-0.1, -0.05) is 5.92 Å². The van der Waals surface area contributed by atoms with Crippen molar-refractivity contribution in [2.45, 2.75) is 6.92 Å². The van der Waals surface area contributed by atoms with Crippen molar-refractivity contribution in [3.63, 3.8) is 0 Å². The summed E-state index contributed by atoms with van der Waals surface area (Å²) in [6, 6.07) is 4.75. The third kappa shape index (κ3) is 3.44. The highest BCUT2D eigenvalue weighted by Gasteiger charge is 2.07. The molecule has 4 heteroatoms. The molecular weight excluding hydrogens is 307 g/mol. The molecular formula is C11H9IO3. The zero-order valence-electron chi connectivity index (χ0n) is 8.08. The molecule has 1 aromatic rings. The third-order valence-electron chi connectivity index (χ3n) is 1.65. The van der Waals surface area contributed by atoms with Crippen LogP contribution in [0.25, 0.3) is 0 Å². The predicted octanol–water partition coefficient (Wildman–Crippen LogP) is 2.39. The number of carboxylic acid groups (broad SMARTS) is 1. The van der Waals surface area contributed by atoms with Crippen molar-refractivity contribution in [2.24, 2.45) is 0 Å². The number of benzene rings is 1. The lowest BCUT2D eigenvalue weighted by atomic mass is 10.2. The van der Waals surface area contributed by atoms with Gasteiger partial charge in [0.25, 0.3) is 0 Å². The van der Waals surface area contributed by atoms with Crippen LogP contribution < -0.4 is 4.74 Å². The summed E-state index contributed by atoms with van der Waals surface area (Å²) in [6.45, 7) is 2.00. The van der Waals surface area contributed by atoms with E-state index < -0.39 is 5.97 Å². The highest BCUT2D eigenvalue weighted by Crippen LogP contribution is 2.22. The highest BCUT2D eigenvalue weighted by atomic mass is 127. The van der Waals surface area contributed by atoms with E-state index in [2.05, 4.69) is 34.4 Å². The first kappa shape index (κ1) is 11.9. The van der Waals surface area contributed by atoms with Crippen molar-refractivity contribution in [1.29, 1.82) is 0 Å². The fraction of sp³-hybridized carbons (Fsp3) is 0.182. The Morgan fingerprint density at radius 2 is 2.33 bits per heavy atom. The molecule has 1 N–H and O–H groups in total. The lowest BCUT2D eigenvalue weighted by molar-refractivity contribution is 0.0696. The Morgan fingerprint density at radius 1 is 1.60 bits per heavy atom. The van der Waals surface area contributed by atoms with Crippen molar-refractivity contribution in [1.82, 2.24) is 0 Å². The van der Waals surface area contributed by atoms with Gasteiger partial charge >= 0.3 is 5.97 Å². The number of hydrogen-bond donors (Lipinski definition) is 1. The molecule has 0 aliphatic carbocycles. The van der Waals surface area contributed by atoms with E-state index in [1.54, 1.807) is 19.1 Å². The normalized spacial score (nSPS) is 8.93. The highest BCUT2D eigenvalue weighted by molar-refractivity contribution is 14.1. The Balaban J connectivity index is 2.88. The Kier molecular flexibility index (Phi) is 4.43. The zero-order chi connectivity index (χ0) is 11.3. The minimum Gasteiger partial charge on any atom is -0.480 e. The van der Waals surface area contributed by atoms with E-state index in [1.807, 2.05) is 0 Å². The summed E-state index contributed by atoms with van der Waals surface area (Å²) in [5, 5.41) is 8.79. The van der Waals surface area contributed by atoms with E-state index in [0.29, 0.717) is 5.75 Å². The first-order chi connectivity index (χ1) is 7.15. The first-order valence-electron chi connectivity index (χ1n) is 4.20. The monoisotopic (exact) mass is 316 g/mol. The van der Waals surface area contributed by atoms with Gasteiger partial charge in [-0.05, 0) is 47.7 Å². The average Bonchev–Trinajstić information content (AvgIpc) is 2.20. The Hall–Kier alpha value is -1.22. The number of carboxylic acids is 1. The molecule has 0 amide bonds. The lowest BCUT2D eigenvalue weighted by Gasteiger charge is -2.05. The second-order valence-electron chi connectivity index (χ2n) is 2.67. The van der Waals surface area contributed by atoms with E-state index in [4.69, 9.17) is 9.84 Å². The van der Waals surface area contributed by atoms with E-state index >= 15 is 0 Å². The van der Waals surface area contributed by atoms with E-state index in [0.717, 1.165) is 3.57 Å². The molecule has 0 unspecified atom stereocenters. The van der Waals surface area contributed by atoms with Crippen LogP contribution in [0.4, 0.5) is 0 Å². The molecule has 1 rings (SSSR count). The van der Waals surface area contributed by atoms with Crippen LogP contribution in [0.1, 0.15) is 17.3 Å². The van der Waals surface area contributed by atoms with Gasteiger partial charge in [0, 0.05) is 0 Å². The summed E-state index contributed by atoms with van der Waals surface area (Å²) >= 11 is 2.09. The summed E-state index contributed by atoms with van der Waals surface area (Å²) in [7, 11) is 0. The number of halogens is 1. The van der Waals surface area contributed by atoms with Gasteiger partial charge < -0.3 is 9.84 Å². The second kappa shape index (κ2) is 5.61. The molecule has 0 saturated heterocycles. The maximum atomic E-state index is 10.7. The molecule has 0 aliphatic rings. The quantitative estimate of drug-likeness (QED) is 0.688. The fourth-order valence-electron chi connectivity index (χ4n) is 0.933. The average molecular weight is 316 g/mol. The fourth-order valence-corrected chi connectivity index (χ4v) is 1.42. The minimum absolute atomic E-state index is 0.217. The smallest absolute Gasteiger partial charge is 0.335 e. The molecule has 3 nitrogen and oxygen atoms in total. The molecule has 0 saturated carbocycles. The summed E-state index contributed by atoms with van der Waals surface area (Å²) in [4.78, 5) is 10.7. The molecule has 0 bridgehead atoms. The maximum Gasteiger partial charge on any atom is 0.335 e. The summed E-state index contributed by atoms with van der Waals surface area (Å²) in [6.07, 6.45) is 0. The molecule has 0 heterocycles. The molecule has 0 aromatic heterocycles. The minimum atomic E-state index is -0.960. The number of ether oxygens (including phenoxy) is 1.